The Balaban J connectivity index is 2.59. The molecule has 0 aliphatic carbocycles. The lowest BCUT2D eigenvalue weighted by molar-refractivity contribution is 0.102. The number of aryl methyl sites for hydroxylation is 2. The van der Waals surface area contributed by atoms with Gasteiger partial charge in [0, 0.05) is 18.1 Å². The van der Waals surface area contributed by atoms with Gasteiger partial charge in [-0.1, -0.05) is 40.2 Å². The summed E-state index contributed by atoms with van der Waals surface area (Å²) in [4.78, 5) is 16.0. The Hall–Kier alpha value is -1.42. The van der Waals surface area contributed by atoms with Crippen LogP contribution in [0.4, 0.5) is 0 Å². The zero-order chi connectivity index (χ0) is 12.4. The Bertz CT molecular complexity index is 560. The average molecular weight is 294 g/mol. The first-order chi connectivity index (χ1) is 8.13. The number of rotatable bonds is 3. The van der Waals surface area contributed by atoms with Crippen molar-refractivity contribution in [2.75, 3.05) is 5.33 Å². The van der Waals surface area contributed by atoms with E-state index in [4.69, 9.17) is 4.42 Å². The maximum absolute atomic E-state index is 11.8. The first-order valence-corrected chi connectivity index (χ1v) is 6.38. The van der Waals surface area contributed by atoms with Gasteiger partial charge in [-0.3, -0.25) is 4.79 Å². The Morgan fingerprint density at radius 2 is 2.06 bits per heavy atom. The fraction of sp³-hybridized carbons (Fsp3) is 0.231. The lowest BCUT2D eigenvalue weighted by Crippen LogP contribution is -2.02. The van der Waals surface area contributed by atoms with E-state index in [-0.39, 0.29) is 5.78 Å². The second-order valence-corrected chi connectivity index (χ2v) is 4.31. The van der Waals surface area contributed by atoms with Crippen LogP contribution in [0.3, 0.4) is 0 Å². The van der Waals surface area contributed by atoms with E-state index in [1.54, 1.807) is 13.0 Å². The number of benzene rings is 1. The number of carbonyl (C=O) groups excluding carboxylic acids is 1. The SMILES string of the molecule is Cc1nc(C)c(-c2ccccc2C(=O)CBr)o1. The minimum atomic E-state index is 0.0362. The quantitative estimate of drug-likeness (QED) is 0.642. The molecule has 0 aliphatic heterocycles. The van der Waals surface area contributed by atoms with Crippen molar-refractivity contribution in [3.05, 3.63) is 41.4 Å². The number of aromatic nitrogens is 1. The van der Waals surface area contributed by atoms with E-state index < -0.39 is 0 Å². The third kappa shape index (κ3) is 2.31. The third-order valence-electron chi connectivity index (χ3n) is 2.50. The van der Waals surface area contributed by atoms with Crippen molar-refractivity contribution < 1.29 is 9.21 Å². The molecule has 88 valence electrons. The van der Waals surface area contributed by atoms with Gasteiger partial charge in [-0.15, -0.1) is 0 Å². The highest BCUT2D eigenvalue weighted by Crippen LogP contribution is 2.28. The smallest absolute Gasteiger partial charge is 0.192 e. The van der Waals surface area contributed by atoms with Gasteiger partial charge < -0.3 is 4.42 Å². The van der Waals surface area contributed by atoms with E-state index in [2.05, 4.69) is 20.9 Å². The van der Waals surface area contributed by atoms with Gasteiger partial charge in [-0.2, -0.15) is 0 Å². The molecule has 17 heavy (non-hydrogen) atoms. The van der Waals surface area contributed by atoms with Gasteiger partial charge in [0.2, 0.25) is 0 Å². The molecule has 0 spiro atoms. The number of alkyl halides is 1. The molecule has 2 rings (SSSR count). The number of Topliss-reactive ketones (excluding diaryl/α,β-unsaturated/α-hetero) is 1. The Kier molecular flexibility index (Phi) is 3.43. The molecule has 0 unspecified atom stereocenters. The van der Waals surface area contributed by atoms with Crippen molar-refractivity contribution in [1.82, 2.24) is 4.98 Å². The predicted molar refractivity (Wildman–Crippen MR) is 69.5 cm³/mol. The number of oxazole rings is 1. The molecule has 0 fully saturated rings. The highest BCUT2D eigenvalue weighted by Gasteiger charge is 2.16. The van der Waals surface area contributed by atoms with Crippen LogP contribution in [0, 0.1) is 13.8 Å². The highest BCUT2D eigenvalue weighted by molar-refractivity contribution is 9.09. The van der Waals surface area contributed by atoms with E-state index in [0.717, 1.165) is 11.3 Å². The zero-order valence-corrected chi connectivity index (χ0v) is 11.2. The van der Waals surface area contributed by atoms with Crippen LogP contribution in [0.15, 0.2) is 28.7 Å². The van der Waals surface area contributed by atoms with Crippen molar-refractivity contribution in [2.24, 2.45) is 0 Å². The van der Waals surface area contributed by atoms with Crippen molar-refractivity contribution in [1.29, 1.82) is 0 Å². The van der Waals surface area contributed by atoms with E-state index >= 15 is 0 Å². The van der Waals surface area contributed by atoms with Gasteiger partial charge in [0.1, 0.15) is 0 Å². The van der Waals surface area contributed by atoms with Gasteiger partial charge in [-0.25, -0.2) is 4.98 Å². The average Bonchev–Trinajstić information content (AvgIpc) is 2.67. The molecular weight excluding hydrogens is 282 g/mol. The first-order valence-electron chi connectivity index (χ1n) is 5.26. The standard InChI is InChI=1S/C13H12BrNO2/c1-8-13(17-9(2)15-8)11-6-4-3-5-10(11)12(16)7-14/h3-6H,7H2,1-2H3. The first kappa shape index (κ1) is 12.0. The van der Waals surface area contributed by atoms with Gasteiger partial charge in [0.15, 0.2) is 17.4 Å². The molecule has 0 saturated carbocycles. The molecule has 0 radical (unpaired) electrons. The van der Waals surface area contributed by atoms with Crippen LogP contribution >= 0.6 is 15.9 Å². The van der Waals surface area contributed by atoms with Gasteiger partial charge in [0.25, 0.3) is 0 Å². The van der Waals surface area contributed by atoms with Crippen molar-refractivity contribution in [2.45, 2.75) is 13.8 Å². The summed E-state index contributed by atoms with van der Waals surface area (Å²) < 4.78 is 5.56. The van der Waals surface area contributed by atoms with E-state index in [1.807, 2.05) is 25.1 Å². The van der Waals surface area contributed by atoms with Crippen LogP contribution in [0.25, 0.3) is 11.3 Å². The number of nitrogens with zero attached hydrogens (tertiary/aromatic N) is 1. The number of ketones is 1. The lowest BCUT2D eigenvalue weighted by Gasteiger charge is -2.04. The fourth-order valence-electron chi connectivity index (χ4n) is 1.78. The molecule has 2 aromatic rings. The molecule has 4 heteroatoms. The Morgan fingerprint density at radius 3 is 2.65 bits per heavy atom. The van der Waals surface area contributed by atoms with Crippen LogP contribution in [-0.2, 0) is 0 Å². The van der Waals surface area contributed by atoms with Crippen molar-refractivity contribution in [3.8, 4) is 11.3 Å². The number of halogens is 1. The highest BCUT2D eigenvalue weighted by atomic mass is 79.9. The molecule has 0 N–H and O–H groups in total. The summed E-state index contributed by atoms with van der Waals surface area (Å²) >= 11 is 3.19. The molecule has 0 amide bonds. The number of hydrogen-bond acceptors (Lipinski definition) is 3. The molecule has 1 aromatic heterocycles. The topological polar surface area (TPSA) is 43.1 Å². The van der Waals surface area contributed by atoms with Crippen LogP contribution in [0.5, 0.6) is 0 Å². The molecule has 0 atom stereocenters. The van der Waals surface area contributed by atoms with Gasteiger partial charge in [0.05, 0.1) is 11.0 Å². The maximum Gasteiger partial charge on any atom is 0.192 e. The minimum absolute atomic E-state index is 0.0362. The summed E-state index contributed by atoms with van der Waals surface area (Å²) in [5.41, 5.74) is 2.26. The van der Waals surface area contributed by atoms with Crippen molar-refractivity contribution in [3.63, 3.8) is 0 Å². The van der Waals surface area contributed by atoms with Gasteiger partial charge >= 0.3 is 0 Å². The summed E-state index contributed by atoms with van der Waals surface area (Å²) in [5, 5.41) is 0.302. The second-order valence-electron chi connectivity index (χ2n) is 3.75. The normalized spacial score (nSPS) is 10.5. The van der Waals surface area contributed by atoms with Crippen molar-refractivity contribution >= 4 is 21.7 Å². The summed E-state index contributed by atoms with van der Waals surface area (Å²) in [6.45, 7) is 3.67. The summed E-state index contributed by atoms with van der Waals surface area (Å²) in [7, 11) is 0. The van der Waals surface area contributed by atoms with Crippen LogP contribution in [0.1, 0.15) is 21.9 Å². The summed E-state index contributed by atoms with van der Waals surface area (Å²) in [6, 6.07) is 7.41. The summed E-state index contributed by atoms with van der Waals surface area (Å²) in [5.74, 6) is 1.32. The molecule has 1 aromatic carbocycles. The third-order valence-corrected chi connectivity index (χ3v) is 3.01. The molecule has 0 bridgehead atoms. The second kappa shape index (κ2) is 4.84. The minimum Gasteiger partial charge on any atom is -0.441 e. The summed E-state index contributed by atoms with van der Waals surface area (Å²) in [6.07, 6.45) is 0. The van der Waals surface area contributed by atoms with Crippen LogP contribution in [0.2, 0.25) is 0 Å². The van der Waals surface area contributed by atoms with E-state index in [0.29, 0.717) is 22.5 Å². The van der Waals surface area contributed by atoms with Gasteiger partial charge in [-0.05, 0) is 6.92 Å². The predicted octanol–water partition coefficient (Wildman–Crippen LogP) is 3.54. The largest absolute Gasteiger partial charge is 0.441 e. The zero-order valence-electron chi connectivity index (χ0n) is 9.66. The monoisotopic (exact) mass is 293 g/mol. The van der Waals surface area contributed by atoms with Crippen LogP contribution in [-0.4, -0.2) is 16.1 Å². The fourth-order valence-corrected chi connectivity index (χ4v) is 2.08. The van der Waals surface area contributed by atoms with Crippen LogP contribution < -0.4 is 0 Å². The molecule has 0 aliphatic rings. The van der Waals surface area contributed by atoms with E-state index in [9.17, 15) is 4.79 Å². The number of carbonyl (C=O) groups is 1. The lowest BCUT2D eigenvalue weighted by atomic mass is 10.0. The Labute approximate surface area is 108 Å². The number of hydrogen-bond donors (Lipinski definition) is 0. The Morgan fingerprint density at radius 1 is 1.35 bits per heavy atom. The molecule has 3 nitrogen and oxygen atoms in total. The molecular formula is C13H12BrNO2. The molecule has 0 saturated heterocycles. The molecule has 1 heterocycles. The van der Waals surface area contributed by atoms with E-state index in [1.165, 1.54) is 0 Å². The maximum atomic E-state index is 11.8.